The first-order valence-corrected chi connectivity index (χ1v) is 10.9. The quantitative estimate of drug-likeness (QED) is 0.330. The molecule has 2 fully saturated rings. The number of carbonyl (C=O) groups excluding carboxylic acids is 4. The molecule has 10 heteroatoms. The molecule has 6 amide bonds. The molecule has 2 aliphatic rings. The van der Waals surface area contributed by atoms with E-state index in [1.54, 1.807) is 62.4 Å². The highest BCUT2D eigenvalue weighted by Crippen LogP contribution is 2.27. The molecule has 2 unspecified atom stereocenters. The highest BCUT2D eigenvalue weighted by molar-refractivity contribution is 6.07. The van der Waals surface area contributed by atoms with Crippen LogP contribution in [0.25, 0.3) is 0 Å². The molecule has 0 saturated carbocycles. The van der Waals surface area contributed by atoms with Crippen molar-refractivity contribution in [3.63, 3.8) is 0 Å². The van der Waals surface area contributed by atoms with Crippen molar-refractivity contribution in [1.29, 1.82) is 0 Å². The number of nitrogens with one attached hydrogen (secondary N) is 4. The minimum atomic E-state index is -1.08. The summed E-state index contributed by atoms with van der Waals surface area (Å²) in [5.41, 5.74) is -0.819. The average molecular weight is 466 g/mol. The van der Waals surface area contributed by atoms with E-state index >= 15 is 0 Å². The van der Waals surface area contributed by atoms with Gasteiger partial charge in [-0.15, -0.1) is 0 Å². The summed E-state index contributed by atoms with van der Waals surface area (Å²) in [4.78, 5) is 46.9. The zero-order valence-corrected chi connectivity index (χ0v) is 18.9. The van der Waals surface area contributed by atoms with Crippen LogP contribution in [0.4, 0.5) is 9.59 Å². The molecule has 0 aromatic heterocycles. The predicted molar refractivity (Wildman–Crippen MR) is 121 cm³/mol. The highest BCUT2D eigenvalue weighted by Gasteiger charge is 2.44. The number of hydrogen-bond acceptors (Lipinski definition) is 6. The third-order valence-electron chi connectivity index (χ3n) is 6.03. The Morgan fingerprint density at radius 1 is 0.618 bits per heavy atom. The van der Waals surface area contributed by atoms with E-state index in [0.717, 1.165) is 12.8 Å². The fourth-order valence-corrected chi connectivity index (χ4v) is 3.85. The third kappa shape index (κ3) is 4.52. The summed E-state index contributed by atoms with van der Waals surface area (Å²) in [6.45, 7) is 4.31. The van der Waals surface area contributed by atoms with Gasteiger partial charge in [0, 0.05) is 0 Å². The van der Waals surface area contributed by atoms with Crippen molar-refractivity contribution in [3.05, 3.63) is 59.7 Å². The van der Waals surface area contributed by atoms with Crippen LogP contribution in [0, 0.1) is 0 Å². The standard InChI is InChI=1S/C24H26N4O6/c1-23(19(29)25-21(31)27-23)15-5-9-17(10-6-15)33-13-3-4-14-34-18-11-7-16(8-12-18)24(2)20(30)26-22(32)28-24/h5-12H,3-4,13-14H2,1-2H3,(H2,25,27,29,31)(H2,26,28,30,32). The lowest BCUT2D eigenvalue weighted by molar-refractivity contribution is -0.124. The van der Waals surface area contributed by atoms with Crippen LogP contribution in [-0.4, -0.2) is 37.1 Å². The van der Waals surface area contributed by atoms with Crippen molar-refractivity contribution in [2.24, 2.45) is 0 Å². The van der Waals surface area contributed by atoms with E-state index in [1.807, 2.05) is 0 Å². The second-order valence-corrected chi connectivity index (χ2v) is 8.52. The molecule has 4 rings (SSSR count). The van der Waals surface area contributed by atoms with Gasteiger partial charge >= 0.3 is 12.1 Å². The van der Waals surface area contributed by atoms with Crippen molar-refractivity contribution in [3.8, 4) is 11.5 Å². The Morgan fingerprint density at radius 3 is 1.26 bits per heavy atom. The maximum Gasteiger partial charge on any atom is 0.322 e. The van der Waals surface area contributed by atoms with Gasteiger partial charge in [-0.3, -0.25) is 20.2 Å². The van der Waals surface area contributed by atoms with E-state index in [9.17, 15) is 19.2 Å². The van der Waals surface area contributed by atoms with Crippen LogP contribution in [0.5, 0.6) is 11.5 Å². The molecule has 2 aromatic rings. The molecule has 0 bridgehead atoms. The average Bonchev–Trinajstić information content (AvgIpc) is 3.24. The van der Waals surface area contributed by atoms with E-state index in [0.29, 0.717) is 35.8 Å². The van der Waals surface area contributed by atoms with Gasteiger partial charge < -0.3 is 20.1 Å². The second-order valence-electron chi connectivity index (χ2n) is 8.52. The number of rotatable bonds is 9. The van der Waals surface area contributed by atoms with Gasteiger partial charge in [0.25, 0.3) is 11.8 Å². The molecule has 0 aliphatic carbocycles. The monoisotopic (exact) mass is 466 g/mol. The molecule has 4 N–H and O–H groups in total. The van der Waals surface area contributed by atoms with Crippen LogP contribution in [-0.2, 0) is 20.7 Å². The summed E-state index contributed by atoms with van der Waals surface area (Å²) in [5.74, 6) is 0.576. The van der Waals surface area contributed by atoms with Crippen molar-refractivity contribution in [2.75, 3.05) is 13.2 Å². The van der Waals surface area contributed by atoms with Crippen LogP contribution in [0.15, 0.2) is 48.5 Å². The number of ether oxygens (including phenoxy) is 2. The van der Waals surface area contributed by atoms with Crippen molar-refractivity contribution in [2.45, 2.75) is 37.8 Å². The van der Waals surface area contributed by atoms with E-state index in [-0.39, 0.29) is 11.8 Å². The number of hydrogen-bond donors (Lipinski definition) is 4. The van der Waals surface area contributed by atoms with Gasteiger partial charge in [-0.1, -0.05) is 24.3 Å². The smallest absolute Gasteiger partial charge is 0.322 e. The van der Waals surface area contributed by atoms with Crippen molar-refractivity contribution < 1.29 is 28.7 Å². The molecule has 10 nitrogen and oxygen atoms in total. The number of urea groups is 2. The normalized spacial score (nSPS) is 23.7. The minimum Gasteiger partial charge on any atom is -0.494 e. The molecule has 2 heterocycles. The first kappa shape index (κ1) is 23.1. The number of amides is 6. The lowest BCUT2D eigenvalue weighted by atomic mass is 9.92. The van der Waals surface area contributed by atoms with Gasteiger partial charge in [0.2, 0.25) is 0 Å². The van der Waals surface area contributed by atoms with Gasteiger partial charge in [-0.25, -0.2) is 9.59 Å². The molecule has 0 radical (unpaired) electrons. The Hall–Kier alpha value is -4.08. The van der Waals surface area contributed by atoms with Crippen LogP contribution < -0.4 is 30.7 Å². The van der Waals surface area contributed by atoms with Gasteiger partial charge in [-0.05, 0) is 62.1 Å². The zero-order valence-electron chi connectivity index (χ0n) is 18.9. The van der Waals surface area contributed by atoms with Crippen LogP contribution in [0.2, 0.25) is 0 Å². The first-order chi connectivity index (χ1) is 16.2. The Bertz CT molecular complexity index is 1030. The maximum absolute atomic E-state index is 12.0. The Labute approximate surface area is 196 Å². The molecule has 2 saturated heterocycles. The molecule has 2 aliphatic heterocycles. The topological polar surface area (TPSA) is 135 Å². The second kappa shape index (κ2) is 9.05. The molecular formula is C24H26N4O6. The lowest BCUT2D eigenvalue weighted by Crippen LogP contribution is -2.40. The van der Waals surface area contributed by atoms with Gasteiger partial charge in [0.1, 0.15) is 22.6 Å². The zero-order chi connectivity index (χ0) is 24.3. The molecule has 2 aromatic carbocycles. The van der Waals surface area contributed by atoms with E-state index in [2.05, 4.69) is 21.3 Å². The van der Waals surface area contributed by atoms with E-state index < -0.39 is 23.1 Å². The molecule has 34 heavy (non-hydrogen) atoms. The number of imide groups is 2. The summed E-state index contributed by atoms with van der Waals surface area (Å²) in [6.07, 6.45) is 1.56. The molecular weight excluding hydrogens is 440 g/mol. The lowest BCUT2D eigenvalue weighted by Gasteiger charge is -2.21. The van der Waals surface area contributed by atoms with Gasteiger partial charge in [0.05, 0.1) is 13.2 Å². The number of benzene rings is 2. The van der Waals surface area contributed by atoms with E-state index in [1.165, 1.54) is 0 Å². The molecule has 2 atom stereocenters. The van der Waals surface area contributed by atoms with Crippen LogP contribution in [0.3, 0.4) is 0 Å². The fourth-order valence-electron chi connectivity index (χ4n) is 3.85. The fraction of sp³-hybridized carbons (Fsp3) is 0.333. The van der Waals surface area contributed by atoms with Crippen molar-refractivity contribution in [1.82, 2.24) is 21.3 Å². The summed E-state index contributed by atoms with van der Waals surface area (Å²) in [7, 11) is 0. The SMILES string of the molecule is CC1(c2ccc(OCCCCOc3ccc(C4(C)NC(=O)NC4=O)cc3)cc2)NC(=O)NC1=O. The Balaban J connectivity index is 1.18. The predicted octanol–water partition coefficient (Wildman–Crippen LogP) is 2.03. The largest absolute Gasteiger partial charge is 0.494 e. The maximum atomic E-state index is 12.0. The van der Waals surface area contributed by atoms with Crippen LogP contribution in [0.1, 0.15) is 37.8 Å². The summed E-state index contributed by atoms with van der Waals surface area (Å²) >= 11 is 0. The number of unbranched alkanes of at least 4 members (excludes halogenated alkanes) is 1. The third-order valence-corrected chi connectivity index (χ3v) is 6.03. The highest BCUT2D eigenvalue weighted by atomic mass is 16.5. The van der Waals surface area contributed by atoms with Gasteiger partial charge in [-0.2, -0.15) is 0 Å². The van der Waals surface area contributed by atoms with Gasteiger partial charge in [0.15, 0.2) is 0 Å². The molecule has 178 valence electrons. The van der Waals surface area contributed by atoms with Crippen LogP contribution >= 0.6 is 0 Å². The summed E-state index contributed by atoms with van der Waals surface area (Å²) < 4.78 is 11.5. The number of carbonyl (C=O) groups is 4. The molecule has 0 spiro atoms. The van der Waals surface area contributed by atoms with Crippen molar-refractivity contribution >= 4 is 23.9 Å². The summed E-state index contributed by atoms with van der Waals surface area (Å²) in [5, 5.41) is 9.75. The Morgan fingerprint density at radius 2 is 0.971 bits per heavy atom. The summed E-state index contributed by atoms with van der Waals surface area (Å²) in [6, 6.07) is 13.1. The van der Waals surface area contributed by atoms with E-state index in [4.69, 9.17) is 9.47 Å². The Kier molecular flexibility index (Phi) is 6.14. The minimum absolute atomic E-state index is 0.384. The first-order valence-electron chi connectivity index (χ1n) is 10.9.